The molecule has 1 aromatic carbocycles. The number of amides is 1. The van der Waals surface area contributed by atoms with E-state index in [4.69, 9.17) is 4.74 Å². The zero-order valence-electron chi connectivity index (χ0n) is 17.8. The van der Waals surface area contributed by atoms with Crippen molar-refractivity contribution in [3.63, 3.8) is 0 Å². The summed E-state index contributed by atoms with van der Waals surface area (Å²) >= 11 is 1.13. The van der Waals surface area contributed by atoms with Crippen molar-refractivity contribution in [2.45, 2.75) is 44.5 Å². The highest BCUT2D eigenvalue weighted by molar-refractivity contribution is 7.99. The van der Waals surface area contributed by atoms with Crippen LogP contribution in [0, 0.1) is 31.0 Å². The first-order valence-electron chi connectivity index (χ1n) is 10.3. The number of aromatic amines is 1. The minimum atomic E-state index is -0.403. The van der Waals surface area contributed by atoms with E-state index in [9.17, 15) is 14.4 Å². The van der Waals surface area contributed by atoms with Gasteiger partial charge in [-0.3, -0.25) is 9.89 Å². The molecule has 1 aliphatic rings. The zero-order chi connectivity index (χ0) is 22.7. The van der Waals surface area contributed by atoms with E-state index in [0.29, 0.717) is 34.5 Å². The summed E-state index contributed by atoms with van der Waals surface area (Å²) in [6.07, 6.45) is 2.04. The van der Waals surface area contributed by atoms with Crippen molar-refractivity contribution in [3.8, 4) is 17.5 Å². The molecule has 0 aliphatic carbocycles. The molecule has 10 heteroatoms. The number of thioether (sulfide) groups is 1. The van der Waals surface area contributed by atoms with Gasteiger partial charge in [-0.25, -0.2) is 9.37 Å². The summed E-state index contributed by atoms with van der Waals surface area (Å²) in [5.41, 5.74) is 2.55. The van der Waals surface area contributed by atoms with Gasteiger partial charge in [0.1, 0.15) is 17.7 Å². The Balaban J connectivity index is 1.45. The summed E-state index contributed by atoms with van der Waals surface area (Å²) in [4.78, 5) is 16.9. The number of aromatic nitrogens is 4. The van der Waals surface area contributed by atoms with E-state index in [1.54, 1.807) is 18.2 Å². The lowest BCUT2D eigenvalue weighted by Gasteiger charge is -2.16. The van der Waals surface area contributed by atoms with Gasteiger partial charge in [0.25, 0.3) is 0 Å². The average Bonchev–Trinajstić information content (AvgIpc) is 3.51. The number of carbonyl (C=O) groups is 1. The molecule has 1 unspecified atom stereocenters. The van der Waals surface area contributed by atoms with E-state index < -0.39 is 5.82 Å². The Morgan fingerprint density at radius 3 is 2.97 bits per heavy atom. The first-order chi connectivity index (χ1) is 15.5. The number of nitrogens with one attached hydrogen (secondary N) is 2. The van der Waals surface area contributed by atoms with Gasteiger partial charge in [0.05, 0.1) is 29.5 Å². The smallest absolute Gasteiger partial charge is 0.235 e. The highest BCUT2D eigenvalue weighted by Gasteiger charge is 2.24. The van der Waals surface area contributed by atoms with E-state index >= 15 is 0 Å². The molecule has 4 rings (SSSR count). The van der Waals surface area contributed by atoms with Gasteiger partial charge in [0.2, 0.25) is 11.1 Å². The summed E-state index contributed by atoms with van der Waals surface area (Å²) in [7, 11) is 0. The van der Waals surface area contributed by atoms with Crippen molar-refractivity contribution in [1.82, 2.24) is 19.7 Å². The molecule has 0 saturated carbocycles. The zero-order valence-corrected chi connectivity index (χ0v) is 18.6. The van der Waals surface area contributed by atoms with E-state index in [1.165, 1.54) is 6.07 Å². The number of anilines is 1. The van der Waals surface area contributed by atoms with Crippen LogP contribution in [0.4, 0.5) is 10.2 Å². The number of H-pyrrole nitrogens is 1. The second kappa shape index (κ2) is 9.54. The van der Waals surface area contributed by atoms with Gasteiger partial charge >= 0.3 is 0 Å². The molecule has 1 atom stereocenters. The molecule has 3 heterocycles. The molecule has 0 radical (unpaired) electrons. The number of halogens is 1. The maximum absolute atomic E-state index is 13.9. The SMILES string of the molecule is Cc1c(C#N)c(NC(=O)CSc2n[nH]c(-c3ccccc3F)n2)n(CC2CCCO2)c1C. The van der Waals surface area contributed by atoms with E-state index in [0.717, 1.165) is 42.5 Å². The van der Waals surface area contributed by atoms with Crippen LogP contribution < -0.4 is 5.32 Å². The van der Waals surface area contributed by atoms with Gasteiger partial charge in [-0.15, -0.1) is 5.10 Å². The number of hydrogen-bond donors (Lipinski definition) is 2. The van der Waals surface area contributed by atoms with Crippen LogP contribution in [0.15, 0.2) is 29.4 Å². The van der Waals surface area contributed by atoms with E-state index in [1.807, 2.05) is 18.4 Å². The molecule has 2 aromatic heterocycles. The van der Waals surface area contributed by atoms with Crippen molar-refractivity contribution in [2.75, 3.05) is 17.7 Å². The van der Waals surface area contributed by atoms with Crippen LogP contribution in [-0.4, -0.2) is 44.1 Å². The predicted octanol–water partition coefficient (Wildman–Crippen LogP) is 3.81. The van der Waals surface area contributed by atoms with Gasteiger partial charge in [-0.05, 0) is 44.4 Å². The molecule has 8 nitrogen and oxygen atoms in total. The summed E-state index contributed by atoms with van der Waals surface area (Å²) in [5.74, 6) is 0.150. The summed E-state index contributed by atoms with van der Waals surface area (Å²) < 4.78 is 21.6. The third kappa shape index (κ3) is 4.54. The third-order valence-corrected chi connectivity index (χ3v) is 6.38. The highest BCUT2D eigenvalue weighted by atomic mass is 32.2. The second-order valence-corrected chi connectivity index (χ2v) is 8.52. The second-order valence-electron chi connectivity index (χ2n) is 7.57. The quantitative estimate of drug-likeness (QED) is 0.526. The highest BCUT2D eigenvalue weighted by Crippen LogP contribution is 2.29. The van der Waals surface area contributed by atoms with Crippen LogP contribution in [0.2, 0.25) is 0 Å². The van der Waals surface area contributed by atoms with Crippen LogP contribution in [-0.2, 0) is 16.1 Å². The number of ether oxygens (including phenoxy) is 1. The molecule has 1 aliphatic heterocycles. The van der Waals surface area contributed by atoms with Gasteiger partial charge in [0, 0.05) is 12.3 Å². The number of nitriles is 1. The Morgan fingerprint density at radius 2 is 2.25 bits per heavy atom. The average molecular weight is 455 g/mol. The molecule has 166 valence electrons. The maximum atomic E-state index is 13.9. The topological polar surface area (TPSA) is 109 Å². The monoisotopic (exact) mass is 454 g/mol. The van der Waals surface area contributed by atoms with Gasteiger partial charge in [-0.2, -0.15) is 5.26 Å². The fourth-order valence-electron chi connectivity index (χ4n) is 3.73. The van der Waals surface area contributed by atoms with Crippen LogP contribution in [0.25, 0.3) is 11.4 Å². The number of nitrogens with zero attached hydrogens (tertiary/aromatic N) is 4. The fourth-order valence-corrected chi connectivity index (χ4v) is 4.33. The number of rotatable bonds is 7. The van der Waals surface area contributed by atoms with Crippen LogP contribution in [0.3, 0.4) is 0 Å². The fraction of sp³-hybridized carbons (Fsp3) is 0.364. The van der Waals surface area contributed by atoms with Crippen LogP contribution >= 0.6 is 11.8 Å². The van der Waals surface area contributed by atoms with Crippen molar-refractivity contribution in [2.24, 2.45) is 0 Å². The lowest BCUT2D eigenvalue weighted by Crippen LogP contribution is -2.22. The molecule has 0 bridgehead atoms. The first-order valence-corrected chi connectivity index (χ1v) is 11.3. The lowest BCUT2D eigenvalue weighted by atomic mass is 10.2. The van der Waals surface area contributed by atoms with Crippen LogP contribution in [0.1, 0.15) is 29.7 Å². The van der Waals surface area contributed by atoms with E-state index in [-0.39, 0.29) is 17.8 Å². The molecule has 1 amide bonds. The standard InChI is InChI=1S/C22H23FN6O2S/c1-13-14(2)29(11-15-6-5-9-31-15)21(17(13)10-24)25-19(30)12-32-22-26-20(27-28-22)16-7-3-4-8-18(16)23/h3-4,7-8,15H,5-6,9,11-12H2,1-2H3,(H,25,30)(H,26,27,28). The first kappa shape index (κ1) is 22.0. The molecule has 2 N–H and O–H groups in total. The molecule has 1 saturated heterocycles. The van der Waals surface area contributed by atoms with Gasteiger partial charge in [-0.1, -0.05) is 23.9 Å². The Bertz CT molecular complexity index is 1180. The largest absolute Gasteiger partial charge is 0.376 e. The van der Waals surface area contributed by atoms with Crippen molar-refractivity contribution >= 4 is 23.5 Å². The van der Waals surface area contributed by atoms with Crippen molar-refractivity contribution < 1.29 is 13.9 Å². The predicted molar refractivity (Wildman–Crippen MR) is 119 cm³/mol. The molecule has 32 heavy (non-hydrogen) atoms. The van der Waals surface area contributed by atoms with Gasteiger partial charge < -0.3 is 14.6 Å². The van der Waals surface area contributed by atoms with Crippen LogP contribution in [0.5, 0.6) is 0 Å². The summed E-state index contributed by atoms with van der Waals surface area (Å²) in [6.45, 7) is 5.14. The molecule has 0 spiro atoms. The van der Waals surface area contributed by atoms with E-state index in [2.05, 4.69) is 26.6 Å². The molecule has 1 fully saturated rings. The Kier molecular flexibility index (Phi) is 6.58. The minimum Gasteiger partial charge on any atom is -0.376 e. The van der Waals surface area contributed by atoms with Crippen molar-refractivity contribution in [3.05, 3.63) is 46.9 Å². The lowest BCUT2D eigenvalue weighted by molar-refractivity contribution is -0.113. The van der Waals surface area contributed by atoms with Crippen molar-refractivity contribution in [1.29, 1.82) is 5.26 Å². The molecule has 3 aromatic rings. The third-order valence-electron chi connectivity index (χ3n) is 5.54. The maximum Gasteiger partial charge on any atom is 0.235 e. The Hall–Kier alpha value is -3.16. The summed E-state index contributed by atoms with van der Waals surface area (Å²) in [5, 5.41) is 19.6. The normalized spacial score (nSPS) is 15.6. The van der Waals surface area contributed by atoms with Gasteiger partial charge in [0.15, 0.2) is 5.82 Å². The Morgan fingerprint density at radius 1 is 1.44 bits per heavy atom. The Labute approximate surface area is 189 Å². The molecular weight excluding hydrogens is 431 g/mol. The number of carbonyl (C=O) groups excluding carboxylic acids is 1. The number of hydrogen-bond acceptors (Lipinski definition) is 6. The summed E-state index contributed by atoms with van der Waals surface area (Å²) in [6, 6.07) is 8.47. The molecular formula is C22H23FN6O2S. The minimum absolute atomic E-state index is 0.0443. The number of benzene rings is 1.